The van der Waals surface area contributed by atoms with Crippen LogP contribution in [0.15, 0.2) is 41.7 Å². The highest BCUT2D eigenvalue weighted by Gasteiger charge is 2.14. The van der Waals surface area contributed by atoms with Crippen LogP contribution in [0.3, 0.4) is 0 Å². The van der Waals surface area contributed by atoms with Gasteiger partial charge in [0.1, 0.15) is 16.7 Å². The summed E-state index contributed by atoms with van der Waals surface area (Å²) in [6, 6.07) is 6.40. The van der Waals surface area contributed by atoms with Crippen LogP contribution in [-0.2, 0) is 23.6 Å². The number of pyridine rings is 1. The molecule has 7 heteroatoms. The molecule has 0 fully saturated rings. The van der Waals surface area contributed by atoms with Gasteiger partial charge in [0.15, 0.2) is 0 Å². The van der Waals surface area contributed by atoms with E-state index in [9.17, 15) is 8.42 Å². The molecule has 0 amide bonds. The molecule has 0 aliphatic carbocycles. The van der Waals surface area contributed by atoms with Gasteiger partial charge in [-0.3, -0.25) is 0 Å². The lowest BCUT2D eigenvalue weighted by atomic mass is 10.4. The predicted octanol–water partition coefficient (Wildman–Crippen LogP) is 0.770. The van der Waals surface area contributed by atoms with Crippen LogP contribution in [0, 0.1) is 11.3 Å². The molecule has 1 N–H and O–H groups in total. The molecule has 0 aliphatic rings. The van der Waals surface area contributed by atoms with Crippen LogP contribution in [0.25, 0.3) is 0 Å². The van der Waals surface area contributed by atoms with Crippen LogP contribution in [0.5, 0.6) is 0 Å². The fraction of sp³-hybridized carbons (Fsp3) is 0.167. The van der Waals surface area contributed by atoms with Crippen LogP contribution in [0.2, 0.25) is 0 Å². The fourth-order valence-electron chi connectivity index (χ4n) is 1.53. The summed E-state index contributed by atoms with van der Waals surface area (Å²) in [6.07, 6.45) is 4.85. The van der Waals surface area contributed by atoms with E-state index < -0.39 is 10.0 Å². The van der Waals surface area contributed by atoms with E-state index in [0.717, 1.165) is 5.56 Å². The second-order valence-corrected chi connectivity index (χ2v) is 5.77. The van der Waals surface area contributed by atoms with E-state index in [1.165, 1.54) is 18.3 Å². The van der Waals surface area contributed by atoms with Crippen molar-refractivity contribution in [2.45, 2.75) is 11.4 Å². The molecule has 2 aromatic heterocycles. The highest BCUT2D eigenvalue weighted by Crippen LogP contribution is 2.09. The molecule has 0 saturated heterocycles. The summed E-state index contributed by atoms with van der Waals surface area (Å²) in [7, 11) is -1.74. The Hall–Kier alpha value is -2.17. The molecule has 6 nitrogen and oxygen atoms in total. The highest BCUT2D eigenvalue weighted by molar-refractivity contribution is 7.89. The minimum atomic E-state index is -3.61. The Morgan fingerprint density at radius 3 is 2.74 bits per heavy atom. The van der Waals surface area contributed by atoms with E-state index in [-0.39, 0.29) is 17.1 Å². The van der Waals surface area contributed by atoms with Gasteiger partial charge in [-0.25, -0.2) is 18.1 Å². The Labute approximate surface area is 111 Å². The monoisotopic (exact) mass is 276 g/mol. The standard InChI is InChI=1S/C12H12N4O2S/c1-16-5-4-10(9-16)7-15-19(17,18)12-3-2-11(6-13)14-8-12/h2-5,8-9,15H,7H2,1H3. The first kappa shape index (κ1) is 13.3. The molecule has 98 valence electrons. The number of hydrogen-bond donors (Lipinski definition) is 1. The molecule has 0 radical (unpaired) electrons. The van der Waals surface area contributed by atoms with Gasteiger partial charge in [-0.05, 0) is 23.8 Å². The van der Waals surface area contributed by atoms with Crippen molar-refractivity contribution in [1.82, 2.24) is 14.3 Å². The zero-order valence-corrected chi connectivity index (χ0v) is 11.1. The predicted molar refractivity (Wildman–Crippen MR) is 68.4 cm³/mol. The summed E-state index contributed by atoms with van der Waals surface area (Å²) in [5, 5.41) is 8.61. The van der Waals surface area contributed by atoms with Crippen LogP contribution in [0.4, 0.5) is 0 Å². The van der Waals surface area contributed by atoms with Crippen molar-refractivity contribution in [3.8, 4) is 6.07 Å². The van der Waals surface area contributed by atoms with Crippen LogP contribution in [-0.4, -0.2) is 18.0 Å². The lowest BCUT2D eigenvalue weighted by Crippen LogP contribution is -2.23. The van der Waals surface area contributed by atoms with Crippen molar-refractivity contribution in [3.63, 3.8) is 0 Å². The van der Waals surface area contributed by atoms with Crippen molar-refractivity contribution >= 4 is 10.0 Å². The molecule has 0 atom stereocenters. The maximum Gasteiger partial charge on any atom is 0.242 e. The van der Waals surface area contributed by atoms with Gasteiger partial charge >= 0.3 is 0 Å². The van der Waals surface area contributed by atoms with Crippen LogP contribution in [0.1, 0.15) is 11.3 Å². The summed E-state index contributed by atoms with van der Waals surface area (Å²) in [4.78, 5) is 3.78. The lowest BCUT2D eigenvalue weighted by Gasteiger charge is -2.05. The highest BCUT2D eigenvalue weighted by atomic mass is 32.2. The van der Waals surface area contributed by atoms with E-state index in [0.29, 0.717) is 0 Å². The number of rotatable bonds is 4. The molecule has 2 aromatic rings. The van der Waals surface area contributed by atoms with Gasteiger partial charge in [-0.2, -0.15) is 5.26 Å². The average Bonchev–Trinajstić information content (AvgIpc) is 2.82. The minimum absolute atomic E-state index is 0.0439. The Morgan fingerprint density at radius 1 is 1.42 bits per heavy atom. The molecule has 0 spiro atoms. The van der Waals surface area contributed by atoms with Gasteiger partial charge in [0.25, 0.3) is 0 Å². The first-order valence-corrected chi connectivity index (χ1v) is 6.96. The third-order valence-corrected chi connectivity index (χ3v) is 3.91. The maximum atomic E-state index is 12.0. The van der Waals surface area contributed by atoms with Crippen molar-refractivity contribution in [2.24, 2.45) is 7.05 Å². The fourth-order valence-corrected chi connectivity index (χ4v) is 2.49. The molecule has 19 heavy (non-hydrogen) atoms. The van der Waals surface area contributed by atoms with Crippen molar-refractivity contribution in [1.29, 1.82) is 5.26 Å². The number of nitrogens with zero attached hydrogens (tertiary/aromatic N) is 3. The number of hydrogen-bond acceptors (Lipinski definition) is 4. The quantitative estimate of drug-likeness (QED) is 0.893. The van der Waals surface area contributed by atoms with E-state index in [1.54, 1.807) is 0 Å². The number of sulfonamides is 1. The number of aromatic nitrogens is 2. The summed E-state index contributed by atoms with van der Waals surface area (Å²) in [5.41, 5.74) is 1.05. The third-order valence-electron chi connectivity index (χ3n) is 2.52. The van der Waals surface area contributed by atoms with Crippen LogP contribution < -0.4 is 4.72 Å². The lowest BCUT2D eigenvalue weighted by molar-refractivity contribution is 0.581. The van der Waals surface area contributed by atoms with Gasteiger partial charge < -0.3 is 4.57 Å². The van der Waals surface area contributed by atoms with Crippen molar-refractivity contribution in [2.75, 3.05) is 0 Å². The Bertz CT molecular complexity index is 711. The topological polar surface area (TPSA) is 87.8 Å². The Kier molecular flexibility index (Phi) is 3.64. The largest absolute Gasteiger partial charge is 0.357 e. The van der Waals surface area contributed by atoms with Gasteiger partial charge in [0, 0.05) is 32.2 Å². The first-order chi connectivity index (χ1) is 9.01. The van der Waals surface area contributed by atoms with E-state index in [1.807, 2.05) is 36.1 Å². The smallest absolute Gasteiger partial charge is 0.242 e. The Morgan fingerprint density at radius 2 is 2.21 bits per heavy atom. The first-order valence-electron chi connectivity index (χ1n) is 5.48. The molecule has 0 aliphatic heterocycles. The van der Waals surface area contributed by atoms with E-state index >= 15 is 0 Å². The van der Waals surface area contributed by atoms with Gasteiger partial charge in [0.2, 0.25) is 10.0 Å². The number of aryl methyl sites for hydroxylation is 1. The van der Waals surface area contributed by atoms with E-state index in [2.05, 4.69) is 9.71 Å². The zero-order valence-electron chi connectivity index (χ0n) is 10.2. The minimum Gasteiger partial charge on any atom is -0.357 e. The molecule has 0 unspecified atom stereocenters. The summed E-state index contributed by atoms with van der Waals surface area (Å²) >= 11 is 0. The Balaban J connectivity index is 2.11. The molecular formula is C12H12N4O2S. The van der Waals surface area contributed by atoms with Gasteiger partial charge in [0.05, 0.1) is 0 Å². The molecule has 0 saturated carbocycles. The molecule has 2 heterocycles. The van der Waals surface area contributed by atoms with Gasteiger partial charge in [-0.15, -0.1) is 0 Å². The summed E-state index contributed by atoms with van der Waals surface area (Å²) in [5.74, 6) is 0. The molecular weight excluding hydrogens is 264 g/mol. The third kappa shape index (κ3) is 3.19. The second-order valence-electron chi connectivity index (χ2n) is 4.00. The summed E-state index contributed by atoms with van der Waals surface area (Å²) in [6.45, 7) is 0.211. The molecule has 0 aromatic carbocycles. The van der Waals surface area contributed by atoms with E-state index in [4.69, 9.17) is 5.26 Å². The second kappa shape index (κ2) is 5.22. The number of nitrogens with one attached hydrogen (secondary N) is 1. The average molecular weight is 276 g/mol. The molecule has 0 bridgehead atoms. The van der Waals surface area contributed by atoms with Crippen molar-refractivity contribution in [3.05, 3.63) is 48.0 Å². The molecule has 2 rings (SSSR count). The maximum absolute atomic E-state index is 12.0. The van der Waals surface area contributed by atoms with Crippen molar-refractivity contribution < 1.29 is 8.42 Å². The summed E-state index contributed by atoms with van der Waals surface area (Å²) < 4.78 is 28.3. The number of nitriles is 1. The SMILES string of the molecule is Cn1ccc(CNS(=O)(=O)c2ccc(C#N)nc2)c1. The van der Waals surface area contributed by atoms with Gasteiger partial charge in [-0.1, -0.05) is 0 Å². The van der Waals surface area contributed by atoms with Crippen LogP contribution >= 0.6 is 0 Å². The normalized spacial score (nSPS) is 11.2. The zero-order chi connectivity index (χ0) is 13.9.